The Morgan fingerprint density at radius 2 is 2.00 bits per heavy atom. The number of rotatable bonds is 6. The van der Waals surface area contributed by atoms with E-state index in [2.05, 4.69) is 25.5 Å². The fourth-order valence-electron chi connectivity index (χ4n) is 2.68. The molecule has 3 rings (SSSR count). The summed E-state index contributed by atoms with van der Waals surface area (Å²) in [6.45, 7) is 3.32. The van der Waals surface area contributed by atoms with E-state index in [0.29, 0.717) is 32.1 Å². The lowest BCUT2D eigenvalue weighted by Crippen LogP contribution is -2.53. The first-order valence-corrected chi connectivity index (χ1v) is 7.98. The van der Waals surface area contributed by atoms with Gasteiger partial charge in [-0.2, -0.15) is 0 Å². The number of aliphatic carboxylic acids is 1. The molecule has 7 heteroatoms. The molecule has 0 bridgehead atoms. The van der Waals surface area contributed by atoms with E-state index in [9.17, 15) is 4.79 Å². The highest BCUT2D eigenvalue weighted by Crippen LogP contribution is 2.08. The van der Waals surface area contributed by atoms with Crippen LogP contribution in [0.5, 0.6) is 0 Å². The summed E-state index contributed by atoms with van der Waals surface area (Å²) in [5.74, 6) is -0.220. The molecule has 3 N–H and O–H groups in total. The standard InChI is InChI=1S/C17H21N5O2/c23-16(24)15-12-22(7-6-18-15)11-14-9-20-17(21-10-14)19-8-13-4-2-1-3-5-13/h1-5,9-10,15,18H,6-8,11-12H2,(H,23,24)(H,19,20,21). The van der Waals surface area contributed by atoms with Gasteiger partial charge in [-0.05, 0) is 5.56 Å². The minimum atomic E-state index is -0.809. The van der Waals surface area contributed by atoms with E-state index in [4.69, 9.17) is 5.11 Å². The lowest BCUT2D eigenvalue weighted by molar-refractivity contribution is -0.140. The van der Waals surface area contributed by atoms with Crippen molar-refractivity contribution in [2.75, 3.05) is 25.0 Å². The van der Waals surface area contributed by atoms with Gasteiger partial charge < -0.3 is 15.7 Å². The van der Waals surface area contributed by atoms with Crippen LogP contribution in [0, 0.1) is 0 Å². The fraction of sp³-hybridized carbons (Fsp3) is 0.353. The molecule has 1 aromatic heterocycles. The molecule has 0 radical (unpaired) electrons. The van der Waals surface area contributed by atoms with Gasteiger partial charge in [-0.25, -0.2) is 9.97 Å². The van der Waals surface area contributed by atoms with Crippen LogP contribution in [0.25, 0.3) is 0 Å². The van der Waals surface area contributed by atoms with Gasteiger partial charge in [-0.15, -0.1) is 0 Å². The van der Waals surface area contributed by atoms with Crippen LogP contribution >= 0.6 is 0 Å². The number of carboxylic acid groups (broad SMARTS) is 1. The van der Waals surface area contributed by atoms with Gasteiger partial charge in [-0.1, -0.05) is 30.3 Å². The predicted molar refractivity (Wildman–Crippen MR) is 90.5 cm³/mol. The molecule has 24 heavy (non-hydrogen) atoms. The smallest absolute Gasteiger partial charge is 0.322 e. The summed E-state index contributed by atoms with van der Waals surface area (Å²) in [6.07, 6.45) is 3.58. The Balaban J connectivity index is 1.52. The number of anilines is 1. The van der Waals surface area contributed by atoms with Crippen molar-refractivity contribution in [3.05, 3.63) is 53.9 Å². The van der Waals surface area contributed by atoms with Crippen molar-refractivity contribution in [1.29, 1.82) is 0 Å². The van der Waals surface area contributed by atoms with Crippen LogP contribution in [0.4, 0.5) is 5.95 Å². The summed E-state index contributed by atoms with van der Waals surface area (Å²) >= 11 is 0. The van der Waals surface area contributed by atoms with Crippen molar-refractivity contribution in [2.24, 2.45) is 0 Å². The Kier molecular flexibility index (Phi) is 5.35. The Labute approximate surface area is 140 Å². The Morgan fingerprint density at radius 3 is 2.71 bits per heavy atom. The first kappa shape index (κ1) is 16.4. The Bertz CT molecular complexity index is 662. The summed E-state index contributed by atoms with van der Waals surface area (Å²) in [7, 11) is 0. The molecule has 0 amide bonds. The van der Waals surface area contributed by atoms with E-state index >= 15 is 0 Å². The Hall–Kier alpha value is -2.51. The number of benzene rings is 1. The van der Waals surface area contributed by atoms with E-state index in [1.54, 1.807) is 12.4 Å². The van der Waals surface area contributed by atoms with Crippen LogP contribution in [0.3, 0.4) is 0 Å². The zero-order valence-corrected chi connectivity index (χ0v) is 13.4. The topological polar surface area (TPSA) is 90.4 Å². The summed E-state index contributed by atoms with van der Waals surface area (Å²) < 4.78 is 0. The van der Waals surface area contributed by atoms with Crippen LogP contribution in [0.15, 0.2) is 42.7 Å². The third kappa shape index (κ3) is 4.50. The molecule has 2 aromatic rings. The second-order valence-corrected chi connectivity index (χ2v) is 5.83. The summed E-state index contributed by atoms with van der Waals surface area (Å²) in [5.41, 5.74) is 2.15. The highest BCUT2D eigenvalue weighted by Gasteiger charge is 2.24. The molecule has 0 spiro atoms. The van der Waals surface area contributed by atoms with Crippen LogP contribution < -0.4 is 10.6 Å². The largest absolute Gasteiger partial charge is 0.480 e. The molecule has 2 heterocycles. The van der Waals surface area contributed by atoms with Gasteiger partial charge in [0.05, 0.1) is 0 Å². The van der Waals surface area contributed by atoms with Gasteiger partial charge in [-0.3, -0.25) is 9.69 Å². The molecule has 1 aromatic carbocycles. The summed E-state index contributed by atoms with van der Waals surface area (Å²) in [4.78, 5) is 21.8. The monoisotopic (exact) mass is 327 g/mol. The van der Waals surface area contributed by atoms with Gasteiger partial charge in [0, 0.05) is 50.7 Å². The van der Waals surface area contributed by atoms with E-state index in [0.717, 1.165) is 12.1 Å². The van der Waals surface area contributed by atoms with Crippen LogP contribution in [0.1, 0.15) is 11.1 Å². The molecular weight excluding hydrogens is 306 g/mol. The summed E-state index contributed by atoms with van der Waals surface area (Å²) in [6, 6.07) is 9.57. The molecule has 0 aliphatic carbocycles. The highest BCUT2D eigenvalue weighted by atomic mass is 16.4. The molecule has 7 nitrogen and oxygen atoms in total. The van der Waals surface area contributed by atoms with Crippen LogP contribution in [-0.4, -0.2) is 51.6 Å². The molecule has 1 fully saturated rings. The first-order chi connectivity index (χ1) is 11.7. The van der Waals surface area contributed by atoms with Gasteiger partial charge >= 0.3 is 5.97 Å². The number of carboxylic acids is 1. The van der Waals surface area contributed by atoms with E-state index in [1.165, 1.54) is 5.56 Å². The number of hydrogen-bond acceptors (Lipinski definition) is 6. The van der Waals surface area contributed by atoms with Crippen molar-refractivity contribution in [3.63, 3.8) is 0 Å². The number of nitrogens with one attached hydrogen (secondary N) is 2. The number of aromatic nitrogens is 2. The predicted octanol–water partition coefficient (Wildman–Crippen LogP) is 0.947. The third-order valence-electron chi connectivity index (χ3n) is 3.96. The Morgan fingerprint density at radius 1 is 1.25 bits per heavy atom. The molecule has 1 aliphatic heterocycles. The fourth-order valence-corrected chi connectivity index (χ4v) is 2.68. The van der Waals surface area contributed by atoms with Gasteiger partial charge in [0.2, 0.25) is 5.95 Å². The number of piperazine rings is 1. The van der Waals surface area contributed by atoms with Crippen molar-refractivity contribution >= 4 is 11.9 Å². The maximum Gasteiger partial charge on any atom is 0.322 e. The van der Waals surface area contributed by atoms with Crippen LogP contribution in [-0.2, 0) is 17.9 Å². The SMILES string of the molecule is O=C(O)C1CN(Cc2cnc(NCc3ccccc3)nc2)CCN1. The van der Waals surface area contributed by atoms with E-state index in [-0.39, 0.29) is 0 Å². The lowest BCUT2D eigenvalue weighted by Gasteiger charge is -2.31. The van der Waals surface area contributed by atoms with E-state index < -0.39 is 12.0 Å². The van der Waals surface area contributed by atoms with E-state index in [1.807, 2.05) is 30.3 Å². The number of hydrogen-bond donors (Lipinski definition) is 3. The normalized spacial score (nSPS) is 18.2. The quantitative estimate of drug-likeness (QED) is 0.727. The third-order valence-corrected chi connectivity index (χ3v) is 3.96. The molecule has 1 saturated heterocycles. The average molecular weight is 327 g/mol. The molecule has 0 saturated carbocycles. The van der Waals surface area contributed by atoms with Crippen molar-refractivity contribution in [2.45, 2.75) is 19.1 Å². The second kappa shape index (κ2) is 7.85. The zero-order valence-electron chi connectivity index (χ0n) is 13.4. The first-order valence-electron chi connectivity index (χ1n) is 7.98. The molecule has 126 valence electrons. The highest BCUT2D eigenvalue weighted by molar-refractivity contribution is 5.73. The molecule has 1 atom stereocenters. The van der Waals surface area contributed by atoms with Crippen LogP contribution in [0.2, 0.25) is 0 Å². The molecule has 1 aliphatic rings. The molecule has 1 unspecified atom stereocenters. The minimum absolute atomic E-state index is 0.489. The van der Waals surface area contributed by atoms with Gasteiger partial charge in [0.25, 0.3) is 0 Å². The van der Waals surface area contributed by atoms with Crippen molar-refractivity contribution in [1.82, 2.24) is 20.2 Å². The van der Waals surface area contributed by atoms with Gasteiger partial charge in [0.15, 0.2) is 0 Å². The maximum atomic E-state index is 11.1. The maximum absolute atomic E-state index is 11.1. The summed E-state index contributed by atoms with van der Waals surface area (Å²) in [5, 5.41) is 15.3. The lowest BCUT2D eigenvalue weighted by atomic mass is 10.2. The van der Waals surface area contributed by atoms with Crippen molar-refractivity contribution in [3.8, 4) is 0 Å². The van der Waals surface area contributed by atoms with Gasteiger partial charge in [0.1, 0.15) is 6.04 Å². The number of nitrogens with zero attached hydrogens (tertiary/aromatic N) is 3. The van der Waals surface area contributed by atoms with Crippen molar-refractivity contribution < 1.29 is 9.90 Å². The average Bonchev–Trinajstić information content (AvgIpc) is 2.62. The second-order valence-electron chi connectivity index (χ2n) is 5.83. The minimum Gasteiger partial charge on any atom is -0.480 e. The zero-order chi connectivity index (χ0) is 16.8. The number of carbonyl (C=O) groups is 1. The molecular formula is C17H21N5O2.